The molecule has 0 spiro atoms. The zero-order valence-electron chi connectivity index (χ0n) is 12.0. The molecule has 6 atom stereocenters. The summed E-state index contributed by atoms with van der Waals surface area (Å²) in [6.45, 7) is 0.258. The van der Waals surface area contributed by atoms with Crippen molar-refractivity contribution in [3.63, 3.8) is 0 Å². The van der Waals surface area contributed by atoms with E-state index in [1.54, 1.807) is 0 Å². The number of rotatable bonds is 3. The first-order chi connectivity index (χ1) is 10.7. The van der Waals surface area contributed by atoms with Crippen LogP contribution in [0.3, 0.4) is 0 Å². The van der Waals surface area contributed by atoms with Gasteiger partial charge in [0.15, 0.2) is 12.6 Å². The van der Waals surface area contributed by atoms with E-state index >= 15 is 0 Å². The second kappa shape index (κ2) is 6.62. The summed E-state index contributed by atoms with van der Waals surface area (Å²) >= 11 is 0. The first kappa shape index (κ1) is 15.2. The molecule has 0 bridgehead atoms. The molecule has 0 saturated carbocycles. The molecule has 0 amide bonds. The SMILES string of the molecule is CO[C@@H]1O[C@H]2COC(c3ccccc3)O[C@H]2[C@@H](N=[N+]=[N-])[C@H]1O. The van der Waals surface area contributed by atoms with Crippen molar-refractivity contribution < 1.29 is 24.1 Å². The van der Waals surface area contributed by atoms with Gasteiger partial charge in [-0.05, 0) is 5.53 Å². The summed E-state index contributed by atoms with van der Waals surface area (Å²) in [5.41, 5.74) is 9.60. The highest BCUT2D eigenvalue weighted by molar-refractivity contribution is 5.16. The fourth-order valence-electron chi connectivity index (χ4n) is 2.75. The van der Waals surface area contributed by atoms with E-state index in [0.717, 1.165) is 5.56 Å². The first-order valence-corrected chi connectivity index (χ1v) is 6.97. The molecule has 8 heteroatoms. The Morgan fingerprint density at radius 1 is 1.32 bits per heavy atom. The number of hydrogen-bond donors (Lipinski definition) is 1. The lowest BCUT2D eigenvalue weighted by Crippen LogP contribution is -2.61. The van der Waals surface area contributed by atoms with Gasteiger partial charge in [-0.15, -0.1) is 0 Å². The average Bonchev–Trinajstić information content (AvgIpc) is 2.57. The maximum atomic E-state index is 10.2. The molecule has 2 heterocycles. The summed E-state index contributed by atoms with van der Waals surface area (Å²) in [5, 5.41) is 13.9. The summed E-state index contributed by atoms with van der Waals surface area (Å²) in [6.07, 6.45) is -3.64. The molecule has 3 rings (SSSR count). The first-order valence-electron chi connectivity index (χ1n) is 6.97. The van der Waals surface area contributed by atoms with Crippen molar-refractivity contribution in [1.82, 2.24) is 0 Å². The Hall–Kier alpha value is -1.67. The van der Waals surface area contributed by atoms with Gasteiger partial charge in [0.05, 0.1) is 12.6 Å². The molecule has 1 aromatic rings. The maximum Gasteiger partial charge on any atom is 0.184 e. The largest absolute Gasteiger partial charge is 0.387 e. The Morgan fingerprint density at radius 3 is 2.77 bits per heavy atom. The monoisotopic (exact) mass is 307 g/mol. The summed E-state index contributed by atoms with van der Waals surface area (Å²) in [5.74, 6) is 0. The number of methoxy groups -OCH3 is 1. The second-order valence-corrected chi connectivity index (χ2v) is 5.14. The van der Waals surface area contributed by atoms with Crippen molar-refractivity contribution in [3.05, 3.63) is 46.3 Å². The molecule has 2 aliphatic heterocycles. The van der Waals surface area contributed by atoms with E-state index in [1.807, 2.05) is 30.3 Å². The Kier molecular flexibility index (Phi) is 4.58. The van der Waals surface area contributed by atoms with Gasteiger partial charge in [0.25, 0.3) is 0 Å². The van der Waals surface area contributed by atoms with Crippen LogP contribution in [0.4, 0.5) is 0 Å². The molecule has 0 radical (unpaired) electrons. The molecule has 2 fully saturated rings. The molecule has 2 aliphatic rings. The average molecular weight is 307 g/mol. The van der Waals surface area contributed by atoms with E-state index in [1.165, 1.54) is 7.11 Å². The summed E-state index contributed by atoms with van der Waals surface area (Å²) < 4.78 is 22.2. The van der Waals surface area contributed by atoms with Gasteiger partial charge < -0.3 is 24.1 Å². The normalized spacial score (nSPS) is 37.9. The van der Waals surface area contributed by atoms with Crippen molar-refractivity contribution in [2.45, 2.75) is 36.9 Å². The molecular formula is C14H17N3O5. The molecule has 1 N–H and O–H groups in total. The van der Waals surface area contributed by atoms with E-state index in [2.05, 4.69) is 10.0 Å². The highest BCUT2D eigenvalue weighted by atomic mass is 16.7. The van der Waals surface area contributed by atoms with Gasteiger partial charge in [-0.25, -0.2) is 0 Å². The summed E-state index contributed by atoms with van der Waals surface area (Å²) in [7, 11) is 1.42. The third kappa shape index (κ3) is 2.80. The summed E-state index contributed by atoms with van der Waals surface area (Å²) in [4.78, 5) is 2.80. The van der Waals surface area contributed by atoms with Crippen molar-refractivity contribution in [3.8, 4) is 0 Å². The van der Waals surface area contributed by atoms with Crippen LogP contribution in [0.25, 0.3) is 10.4 Å². The number of aliphatic hydroxyl groups excluding tert-OH is 1. The number of azide groups is 1. The Labute approximate surface area is 127 Å². The second-order valence-electron chi connectivity index (χ2n) is 5.14. The molecule has 2 saturated heterocycles. The molecule has 1 aromatic carbocycles. The van der Waals surface area contributed by atoms with Crippen molar-refractivity contribution in [2.75, 3.05) is 13.7 Å². The number of fused-ring (bicyclic) bond motifs is 1. The van der Waals surface area contributed by atoms with E-state index in [-0.39, 0.29) is 6.61 Å². The van der Waals surface area contributed by atoms with Crippen LogP contribution in [-0.2, 0) is 18.9 Å². The van der Waals surface area contributed by atoms with Crippen LogP contribution in [-0.4, -0.2) is 49.5 Å². The molecule has 1 unspecified atom stereocenters. The van der Waals surface area contributed by atoms with Crippen LogP contribution in [0, 0.1) is 0 Å². The van der Waals surface area contributed by atoms with Gasteiger partial charge in [0.2, 0.25) is 0 Å². The zero-order valence-corrected chi connectivity index (χ0v) is 12.0. The minimum atomic E-state index is -1.10. The lowest BCUT2D eigenvalue weighted by molar-refractivity contribution is -0.337. The number of benzene rings is 1. The number of aliphatic hydroxyl groups is 1. The highest BCUT2D eigenvalue weighted by Gasteiger charge is 2.49. The van der Waals surface area contributed by atoms with Gasteiger partial charge in [-0.3, -0.25) is 0 Å². The number of hydrogen-bond acceptors (Lipinski definition) is 6. The van der Waals surface area contributed by atoms with Gasteiger partial charge in [-0.1, -0.05) is 35.4 Å². The lowest BCUT2D eigenvalue weighted by Gasteiger charge is -2.46. The van der Waals surface area contributed by atoms with E-state index in [9.17, 15) is 5.11 Å². The number of nitrogens with zero attached hydrogens (tertiary/aromatic N) is 3. The Balaban J connectivity index is 1.82. The number of ether oxygens (including phenoxy) is 4. The summed E-state index contributed by atoms with van der Waals surface area (Å²) in [6, 6.07) is 8.62. The van der Waals surface area contributed by atoms with Crippen molar-refractivity contribution in [2.24, 2.45) is 5.11 Å². The van der Waals surface area contributed by atoms with Gasteiger partial charge in [-0.2, -0.15) is 0 Å². The third-order valence-corrected chi connectivity index (χ3v) is 3.82. The molecule has 0 aromatic heterocycles. The van der Waals surface area contributed by atoms with E-state index < -0.39 is 36.9 Å². The van der Waals surface area contributed by atoms with Crippen LogP contribution in [0.5, 0.6) is 0 Å². The third-order valence-electron chi connectivity index (χ3n) is 3.82. The Morgan fingerprint density at radius 2 is 2.09 bits per heavy atom. The van der Waals surface area contributed by atoms with Crippen LogP contribution in [0.15, 0.2) is 35.4 Å². The molecule has 8 nitrogen and oxygen atoms in total. The minimum absolute atomic E-state index is 0.258. The maximum absolute atomic E-state index is 10.2. The highest BCUT2D eigenvalue weighted by Crippen LogP contribution is 2.35. The predicted octanol–water partition coefficient (Wildman–Crippen LogP) is 1.51. The quantitative estimate of drug-likeness (QED) is 0.517. The topological polar surface area (TPSA) is 106 Å². The van der Waals surface area contributed by atoms with E-state index in [0.29, 0.717) is 0 Å². The minimum Gasteiger partial charge on any atom is -0.387 e. The van der Waals surface area contributed by atoms with Crippen molar-refractivity contribution >= 4 is 0 Å². The van der Waals surface area contributed by atoms with Crippen LogP contribution in [0.2, 0.25) is 0 Å². The van der Waals surface area contributed by atoms with Crippen LogP contribution in [0.1, 0.15) is 11.9 Å². The van der Waals surface area contributed by atoms with Gasteiger partial charge in [0.1, 0.15) is 18.3 Å². The van der Waals surface area contributed by atoms with Crippen LogP contribution < -0.4 is 0 Å². The standard InChI is InChI=1S/C14H17N3O5/c1-19-14-11(18)10(16-17-15)12-9(21-14)7-20-13(22-12)8-5-3-2-4-6-8/h2-6,9-14,18H,7H2,1H3/t9-,10-,11+,12+,13?,14+/m0/s1. The fraction of sp³-hybridized carbons (Fsp3) is 0.571. The zero-order chi connectivity index (χ0) is 15.5. The van der Waals surface area contributed by atoms with Crippen LogP contribution >= 0.6 is 0 Å². The van der Waals surface area contributed by atoms with E-state index in [4.69, 9.17) is 24.5 Å². The van der Waals surface area contributed by atoms with Gasteiger partial charge >= 0.3 is 0 Å². The molecule has 0 aliphatic carbocycles. The smallest absolute Gasteiger partial charge is 0.184 e. The molecule has 22 heavy (non-hydrogen) atoms. The van der Waals surface area contributed by atoms with Crippen molar-refractivity contribution in [1.29, 1.82) is 0 Å². The molecule has 118 valence electrons. The Bertz CT molecular complexity index is 551. The molecular weight excluding hydrogens is 290 g/mol. The lowest BCUT2D eigenvalue weighted by atomic mass is 9.96. The van der Waals surface area contributed by atoms with Gasteiger partial charge in [0, 0.05) is 17.6 Å². The fourth-order valence-corrected chi connectivity index (χ4v) is 2.75. The predicted molar refractivity (Wildman–Crippen MR) is 74.6 cm³/mol.